The van der Waals surface area contributed by atoms with Crippen LogP contribution in [0.15, 0.2) is 0 Å². The van der Waals surface area contributed by atoms with Gasteiger partial charge in [0.25, 0.3) is 0 Å². The monoisotopic (exact) mass is 786 g/mol. The van der Waals surface area contributed by atoms with Crippen LogP contribution in [-0.2, 0) is 33.4 Å². The standard InChI is InChI=1S/C38H73NO6.C6H10O4/c1-7-11-15-17-23-33(21-13-9-3)29-38(37(42)43,30-34(22-14-10-4)24-18-16-12-8-2)27-19-25-35(40)44-31-32(5)45-36(41)26-20-28-39-6;7-5(8)3-1-2-4-6(9)10/h32-34,39H,7-31H2,1-6H3,(H,42,43);1-4H2,(H,7,8)(H,9,10). The third-order valence-electron chi connectivity index (χ3n) is 10.4. The fourth-order valence-electron chi connectivity index (χ4n) is 7.21. The first-order valence-electron chi connectivity index (χ1n) is 22.0. The van der Waals surface area contributed by atoms with Crippen LogP contribution in [0, 0.1) is 17.3 Å². The van der Waals surface area contributed by atoms with Gasteiger partial charge in [-0.25, -0.2) is 0 Å². The molecule has 0 fully saturated rings. The number of carbonyl (C=O) groups excluding carboxylic acids is 2. The predicted octanol–water partition coefficient (Wildman–Crippen LogP) is 10.8. The Bertz CT molecular complexity index is 946. The molecule has 0 spiro atoms. The number of nitrogens with one attached hydrogen (secondary N) is 1. The third kappa shape index (κ3) is 33.2. The number of aliphatic carboxylic acids is 3. The van der Waals surface area contributed by atoms with Gasteiger partial charge >= 0.3 is 29.8 Å². The molecule has 0 aliphatic heterocycles. The maximum atomic E-state index is 13.3. The zero-order valence-electron chi connectivity index (χ0n) is 35.9. The van der Waals surface area contributed by atoms with Crippen LogP contribution in [0.3, 0.4) is 0 Å². The predicted molar refractivity (Wildman–Crippen MR) is 220 cm³/mol. The molecule has 0 radical (unpaired) electrons. The first-order valence-corrected chi connectivity index (χ1v) is 22.0. The van der Waals surface area contributed by atoms with Crippen molar-refractivity contribution in [2.24, 2.45) is 17.3 Å². The minimum atomic E-state index is -0.870. The van der Waals surface area contributed by atoms with Crippen molar-refractivity contribution < 1.29 is 48.8 Å². The van der Waals surface area contributed by atoms with Gasteiger partial charge in [-0.05, 0) is 77.3 Å². The van der Waals surface area contributed by atoms with Crippen molar-refractivity contribution in [1.29, 1.82) is 0 Å². The minimum absolute atomic E-state index is 0.0222. The van der Waals surface area contributed by atoms with E-state index >= 15 is 0 Å². The van der Waals surface area contributed by atoms with E-state index in [1.54, 1.807) is 6.92 Å². The van der Waals surface area contributed by atoms with Crippen LogP contribution in [0.25, 0.3) is 0 Å². The number of carboxylic acids is 3. The summed E-state index contributed by atoms with van der Waals surface area (Å²) in [5.74, 6) is -2.26. The van der Waals surface area contributed by atoms with Gasteiger partial charge in [0.1, 0.15) is 12.7 Å². The van der Waals surface area contributed by atoms with Gasteiger partial charge < -0.3 is 30.1 Å². The van der Waals surface area contributed by atoms with E-state index in [0.717, 1.165) is 57.9 Å². The Balaban J connectivity index is 0. The van der Waals surface area contributed by atoms with Gasteiger partial charge in [0.05, 0.1) is 5.41 Å². The summed E-state index contributed by atoms with van der Waals surface area (Å²) in [6, 6.07) is 0. The highest BCUT2D eigenvalue weighted by Crippen LogP contribution is 2.44. The quantitative estimate of drug-likeness (QED) is 0.0348. The minimum Gasteiger partial charge on any atom is -0.481 e. The highest BCUT2D eigenvalue weighted by molar-refractivity contribution is 5.75. The number of carboxylic acid groups (broad SMARTS) is 3. The van der Waals surface area contributed by atoms with Crippen LogP contribution in [0.1, 0.15) is 208 Å². The molecule has 0 amide bonds. The van der Waals surface area contributed by atoms with Gasteiger partial charge in [0.15, 0.2) is 0 Å². The first kappa shape index (κ1) is 54.4. The van der Waals surface area contributed by atoms with Crippen LogP contribution in [-0.4, -0.2) is 71.5 Å². The van der Waals surface area contributed by atoms with Crippen molar-refractivity contribution in [2.45, 2.75) is 214 Å². The lowest BCUT2D eigenvalue weighted by Gasteiger charge is -2.37. The average molecular weight is 786 g/mol. The summed E-state index contributed by atoms with van der Waals surface area (Å²) in [5, 5.41) is 30.2. The number of rotatable bonds is 37. The molecule has 0 aliphatic rings. The topological polar surface area (TPSA) is 177 Å². The van der Waals surface area contributed by atoms with E-state index in [0.29, 0.717) is 63.2 Å². The Labute approximate surface area is 334 Å². The van der Waals surface area contributed by atoms with Crippen LogP contribution in [0.4, 0.5) is 0 Å². The van der Waals surface area contributed by atoms with Crippen molar-refractivity contribution in [3.05, 3.63) is 0 Å². The molecule has 3 atom stereocenters. The Morgan fingerprint density at radius 1 is 0.564 bits per heavy atom. The highest BCUT2D eigenvalue weighted by Gasteiger charge is 2.41. The van der Waals surface area contributed by atoms with Gasteiger partial charge in [-0.2, -0.15) is 0 Å². The summed E-state index contributed by atoms with van der Waals surface area (Å²) in [5.41, 5.74) is -0.817. The largest absolute Gasteiger partial charge is 0.481 e. The second kappa shape index (κ2) is 36.9. The number of ether oxygens (including phenoxy) is 2. The van der Waals surface area contributed by atoms with Crippen molar-refractivity contribution in [2.75, 3.05) is 20.2 Å². The van der Waals surface area contributed by atoms with Crippen LogP contribution in [0.2, 0.25) is 0 Å². The van der Waals surface area contributed by atoms with E-state index in [1.807, 2.05) is 7.05 Å². The summed E-state index contributed by atoms with van der Waals surface area (Å²) in [7, 11) is 1.84. The highest BCUT2D eigenvalue weighted by atomic mass is 16.6. The molecular formula is C44H83NO10. The molecule has 0 saturated carbocycles. The number of unbranched alkanes of at least 4 members (excludes halogenated alkanes) is 9. The SMILES string of the molecule is CCCCCCC(CCCC)CC(CCCC(=O)OCC(C)OC(=O)CCCNC)(CC(CCCC)CCCCCC)C(=O)O.O=C(O)CCCCC(=O)O. The normalized spacial score (nSPS) is 13.8. The summed E-state index contributed by atoms with van der Waals surface area (Å²) < 4.78 is 10.8. The second-order valence-electron chi connectivity index (χ2n) is 15.7. The van der Waals surface area contributed by atoms with Crippen molar-refractivity contribution in [1.82, 2.24) is 5.32 Å². The zero-order valence-corrected chi connectivity index (χ0v) is 35.9. The lowest BCUT2D eigenvalue weighted by Crippen LogP contribution is -2.36. The first-order chi connectivity index (χ1) is 26.3. The Hall–Kier alpha value is -2.69. The lowest BCUT2D eigenvalue weighted by molar-refractivity contribution is -0.158. The fourth-order valence-corrected chi connectivity index (χ4v) is 7.21. The van der Waals surface area contributed by atoms with E-state index in [4.69, 9.17) is 19.7 Å². The second-order valence-corrected chi connectivity index (χ2v) is 15.7. The summed E-state index contributed by atoms with van der Waals surface area (Å²) >= 11 is 0. The molecule has 0 aromatic heterocycles. The van der Waals surface area contributed by atoms with Crippen LogP contribution < -0.4 is 5.32 Å². The molecule has 11 heteroatoms. The van der Waals surface area contributed by atoms with Crippen LogP contribution in [0.5, 0.6) is 0 Å². The molecule has 3 unspecified atom stereocenters. The number of hydrogen-bond donors (Lipinski definition) is 4. The molecule has 0 rings (SSSR count). The molecule has 324 valence electrons. The van der Waals surface area contributed by atoms with Gasteiger partial charge in [0, 0.05) is 25.7 Å². The number of esters is 2. The summed E-state index contributed by atoms with van der Waals surface area (Å²) in [4.78, 5) is 57.8. The van der Waals surface area contributed by atoms with Gasteiger partial charge in [-0.15, -0.1) is 0 Å². The van der Waals surface area contributed by atoms with Gasteiger partial charge in [-0.3, -0.25) is 24.0 Å². The average Bonchev–Trinajstić information content (AvgIpc) is 3.13. The summed E-state index contributed by atoms with van der Waals surface area (Å²) in [6.45, 7) is 11.4. The van der Waals surface area contributed by atoms with E-state index in [1.165, 1.54) is 51.4 Å². The zero-order chi connectivity index (χ0) is 41.7. The molecule has 0 bridgehead atoms. The molecule has 55 heavy (non-hydrogen) atoms. The van der Waals surface area contributed by atoms with Crippen molar-refractivity contribution in [3.8, 4) is 0 Å². The maximum absolute atomic E-state index is 13.3. The van der Waals surface area contributed by atoms with E-state index in [9.17, 15) is 29.1 Å². The Kier molecular flexibility index (Phi) is 36.5. The molecule has 0 aromatic rings. The molecule has 0 saturated heterocycles. The van der Waals surface area contributed by atoms with Gasteiger partial charge in [-0.1, -0.05) is 130 Å². The Morgan fingerprint density at radius 3 is 1.44 bits per heavy atom. The lowest BCUT2D eigenvalue weighted by atomic mass is 9.67. The van der Waals surface area contributed by atoms with Crippen molar-refractivity contribution in [3.63, 3.8) is 0 Å². The molecule has 4 N–H and O–H groups in total. The van der Waals surface area contributed by atoms with E-state index in [-0.39, 0.29) is 37.8 Å². The van der Waals surface area contributed by atoms with Crippen LogP contribution >= 0.6 is 0 Å². The molecule has 11 nitrogen and oxygen atoms in total. The summed E-state index contributed by atoms with van der Waals surface area (Å²) in [6.07, 6.45) is 22.6. The number of carbonyl (C=O) groups is 5. The smallest absolute Gasteiger partial charge is 0.309 e. The fraction of sp³-hybridized carbons (Fsp3) is 0.886. The van der Waals surface area contributed by atoms with E-state index < -0.39 is 29.4 Å². The molecular weight excluding hydrogens is 702 g/mol. The third-order valence-corrected chi connectivity index (χ3v) is 10.4. The number of hydrogen-bond acceptors (Lipinski definition) is 8. The molecule has 0 aliphatic carbocycles. The van der Waals surface area contributed by atoms with Gasteiger partial charge in [0.2, 0.25) is 0 Å². The van der Waals surface area contributed by atoms with E-state index in [2.05, 4.69) is 33.0 Å². The Morgan fingerprint density at radius 2 is 1.02 bits per heavy atom. The van der Waals surface area contributed by atoms with Crippen molar-refractivity contribution >= 4 is 29.8 Å². The molecule has 0 aromatic carbocycles. The maximum Gasteiger partial charge on any atom is 0.309 e. The molecule has 0 heterocycles.